The summed E-state index contributed by atoms with van der Waals surface area (Å²) in [7, 11) is 1.89. The fraction of sp³-hybridized carbons (Fsp3) is 0.150. The van der Waals surface area contributed by atoms with E-state index in [-0.39, 0.29) is 0 Å². The van der Waals surface area contributed by atoms with Gasteiger partial charge in [0, 0.05) is 24.4 Å². The standard InChI is InChI=1S/C20H18N4O/c1-13-4-7-15(8-5-13)18-12-25-20(23-18)19-14(2)6-9-17(22-19)16-10-21-24(3)11-16/h4-12H,1-3H3. The molecule has 5 heteroatoms. The number of oxazole rings is 1. The van der Waals surface area contributed by atoms with Gasteiger partial charge in [-0.15, -0.1) is 0 Å². The second-order valence-electron chi connectivity index (χ2n) is 6.17. The molecule has 0 radical (unpaired) electrons. The molecule has 0 unspecified atom stereocenters. The predicted molar refractivity (Wildman–Crippen MR) is 96.8 cm³/mol. The van der Waals surface area contributed by atoms with Crippen LogP contribution in [0, 0.1) is 13.8 Å². The Kier molecular flexibility index (Phi) is 3.69. The van der Waals surface area contributed by atoms with Crippen LogP contribution in [-0.2, 0) is 7.05 Å². The molecule has 3 heterocycles. The third-order valence-electron chi connectivity index (χ3n) is 4.15. The van der Waals surface area contributed by atoms with Crippen LogP contribution in [-0.4, -0.2) is 19.7 Å². The summed E-state index contributed by atoms with van der Waals surface area (Å²) >= 11 is 0. The van der Waals surface area contributed by atoms with Crippen LogP contribution < -0.4 is 0 Å². The van der Waals surface area contributed by atoms with Crippen LogP contribution >= 0.6 is 0 Å². The average Bonchev–Trinajstić information content (AvgIpc) is 3.25. The van der Waals surface area contributed by atoms with Gasteiger partial charge in [0.2, 0.25) is 5.89 Å². The molecular formula is C20H18N4O. The molecule has 3 aromatic heterocycles. The topological polar surface area (TPSA) is 56.7 Å². The summed E-state index contributed by atoms with van der Waals surface area (Å²) < 4.78 is 7.48. The van der Waals surface area contributed by atoms with Crippen molar-refractivity contribution in [3.63, 3.8) is 0 Å². The van der Waals surface area contributed by atoms with E-state index in [1.54, 1.807) is 17.1 Å². The van der Waals surface area contributed by atoms with E-state index >= 15 is 0 Å². The Morgan fingerprint density at radius 2 is 1.68 bits per heavy atom. The van der Waals surface area contributed by atoms with E-state index < -0.39 is 0 Å². The van der Waals surface area contributed by atoms with Gasteiger partial charge in [-0.1, -0.05) is 35.9 Å². The molecule has 0 saturated carbocycles. The first-order valence-corrected chi connectivity index (χ1v) is 8.10. The lowest BCUT2D eigenvalue weighted by Crippen LogP contribution is -1.92. The summed E-state index contributed by atoms with van der Waals surface area (Å²) in [4.78, 5) is 9.37. The van der Waals surface area contributed by atoms with Crippen molar-refractivity contribution in [2.24, 2.45) is 7.05 Å². The molecule has 0 atom stereocenters. The number of aryl methyl sites for hydroxylation is 3. The molecule has 0 fully saturated rings. The number of rotatable bonds is 3. The normalized spacial score (nSPS) is 11.0. The molecule has 4 aromatic rings. The molecule has 0 aliphatic heterocycles. The van der Waals surface area contributed by atoms with Crippen molar-refractivity contribution < 1.29 is 4.42 Å². The Morgan fingerprint density at radius 3 is 2.40 bits per heavy atom. The van der Waals surface area contributed by atoms with Gasteiger partial charge in [0.15, 0.2) is 0 Å². The maximum Gasteiger partial charge on any atom is 0.245 e. The third kappa shape index (κ3) is 2.96. The fourth-order valence-electron chi connectivity index (χ4n) is 2.70. The predicted octanol–water partition coefficient (Wildman–Crippen LogP) is 4.42. The summed E-state index contributed by atoms with van der Waals surface area (Å²) in [5.41, 5.74) is 6.64. The van der Waals surface area contributed by atoms with E-state index in [2.05, 4.69) is 29.1 Å². The van der Waals surface area contributed by atoms with Crippen LogP contribution in [0.15, 0.2) is 59.5 Å². The minimum absolute atomic E-state index is 0.527. The lowest BCUT2D eigenvalue weighted by Gasteiger charge is -2.03. The minimum atomic E-state index is 0.527. The van der Waals surface area contributed by atoms with Crippen molar-refractivity contribution in [1.29, 1.82) is 0 Å². The van der Waals surface area contributed by atoms with Crippen molar-refractivity contribution in [2.75, 3.05) is 0 Å². The molecule has 0 amide bonds. The molecule has 124 valence electrons. The van der Waals surface area contributed by atoms with Crippen LogP contribution in [0.1, 0.15) is 11.1 Å². The minimum Gasteiger partial charge on any atom is -0.443 e. The SMILES string of the molecule is Cc1ccc(-c2coc(-c3nc(-c4cnn(C)c4)ccc3C)n2)cc1. The van der Waals surface area contributed by atoms with Crippen molar-refractivity contribution in [1.82, 2.24) is 19.7 Å². The molecule has 0 aliphatic rings. The van der Waals surface area contributed by atoms with Crippen molar-refractivity contribution in [3.05, 3.63) is 66.2 Å². The summed E-state index contributed by atoms with van der Waals surface area (Å²) in [5, 5.41) is 4.21. The van der Waals surface area contributed by atoms with Crippen molar-refractivity contribution >= 4 is 0 Å². The zero-order valence-electron chi connectivity index (χ0n) is 14.4. The Bertz CT molecular complexity index is 1030. The Balaban J connectivity index is 1.73. The van der Waals surface area contributed by atoms with Crippen LogP contribution in [0.4, 0.5) is 0 Å². The Labute approximate surface area is 146 Å². The molecule has 0 N–H and O–H groups in total. The highest BCUT2D eigenvalue weighted by Crippen LogP contribution is 2.28. The summed E-state index contributed by atoms with van der Waals surface area (Å²) in [6.07, 6.45) is 5.42. The van der Waals surface area contributed by atoms with Gasteiger partial charge in [-0.05, 0) is 25.5 Å². The highest BCUT2D eigenvalue weighted by Gasteiger charge is 2.14. The van der Waals surface area contributed by atoms with Crippen LogP contribution in [0.5, 0.6) is 0 Å². The highest BCUT2D eigenvalue weighted by atomic mass is 16.3. The summed E-state index contributed by atoms with van der Waals surface area (Å²) in [6.45, 7) is 4.07. The monoisotopic (exact) mass is 330 g/mol. The number of pyridine rings is 1. The van der Waals surface area contributed by atoms with Gasteiger partial charge in [-0.3, -0.25) is 4.68 Å². The number of nitrogens with zero attached hydrogens (tertiary/aromatic N) is 4. The highest BCUT2D eigenvalue weighted by molar-refractivity contribution is 5.66. The third-order valence-corrected chi connectivity index (χ3v) is 4.15. The molecular weight excluding hydrogens is 312 g/mol. The van der Waals surface area contributed by atoms with Gasteiger partial charge < -0.3 is 4.42 Å². The van der Waals surface area contributed by atoms with E-state index in [9.17, 15) is 0 Å². The van der Waals surface area contributed by atoms with Gasteiger partial charge in [0.25, 0.3) is 0 Å². The summed E-state index contributed by atoms with van der Waals surface area (Å²) in [6, 6.07) is 12.2. The van der Waals surface area contributed by atoms with Gasteiger partial charge in [0.05, 0.1) is 11.9 Å². The first-order valence-electron chi connectivity index (χ1n) is 8.10. The second kappa shape index (κ2) is 6.02. The number of benzene rings is 1. The zero-order chi connectivity index (χ0) is 17.4. The van der Waals surface area contributed by atoms with E-state index in [0.717, 1.165) is 33.8 Å². The molecule has 1 aromatic carbocycles. The number of hydrogen-bond donors (Lipinski definition) is 0. The number of hydrogen-bond acceptors (Lipinski definition) is 4. The molecule has 25 heavy (non-hydrogen) atoms. The van der Waals surface area contributed by atoms with Gasteiger partial charge in [-0.25, -0.2) is 9.97 Å². The number of aromatic nitrogens is 4. The molecule has 5 nitrogen and oxygen atoms in total. The van der Waals surface area contributed by atoms with Gasteiger partial charge in [-0.2, -0.15) is 5.10 Å². The van der Waals surface area contributed by atoms with Gasteiger partial charge in [0.1, 0.15) is 17.7 Å². The molecule has 0 saturated heterocycles. The largest absolute Gasteiger partial charge is 0.443 e. The molecule has 0 spiro atoms. The first-order chi connectivity index (χ1) is 12.1. The molecule has 4 rings (SSSR count). The van der Waals surface area contributed by atoms with E-state index in [1.165, 1.54) is 5.56 Å². The van der Waals surface area contributed by atoms with E-state index in [1.807, 2.05) is 44.4 Å². The van der Waals surface area contributed by atoms with Crippen molar-refractivity contribution in [2.45, 2.75) is 13.8 Å². The fourth-order valence-corrected chi connectivity index (χ4v) is 2.70. The first kappa shape index (κ1) is 15.3. The molecule has 0 bridgehead atoms. The van der Waals surface area contributed by atoms with Crippen LogP contribution in [0.2, 0.25) is 0 Å². The van der Waals surface area contributed by atoms with Crippen molar-refractivity contribution in [3.8, 4) is 34.1 Å². The van der Waals surface area contributed by atoms with E-state index in [4.69, 9.17) is 9.40 Å². The maximum atomic E-state index is 5.72. The van der Waals surface area contributed by atoms with Crippen LogP contribution in [0.25, 0.3) is 34.1 Å². The zero-order valence-corrected chi connectivity index (χ0v) is 14.4. The van der Waals surface area contributed by atoms with Crippen LogP contribution in [0.3, 0.4) is 0 Å². The lowest BCUT2D eigenvalue weighted by atomic mass is 10.1. The Hall–Kier alpha value is -3.21. The summed E-state index contributed by atoms with van der Waals surface area (Å²) in [5.74, 6) is 0.527. The Morgan fingerprint density at radius 1 is 0.880 bits per heavy atom. The average molecular weight is 330 g/mol. The smallest absolute Gasteiger partial charge is 0.245 e. The van der Waals surface area contributed by atoms with Gasteiger partial charge >= 0.3 is 0 Å². The maximum absolute atomic E-state index is 5.72. The second-order valence-corrected chi connectivity index (χ2v) is 6.17. The van der Waals surface area contributed by atoms with E-state index in [0.29, 0.717) is 5.89 Å². The molecule has 0 aliphatic carbocycles. The lowest BCUT2D eigenvalue weighted by molar-refractivity contribution is 0.572. The quantitative estimate of drug-likeness (QED) is 0.558.